The zero-order valence-electron chi connectivity index (χ0n) is 10.5. The highest BCUT2D eigenvalue weighted by Crippen LogP contribution is 2.22. The third kappa shape index (κ3) is 2.73. The first kappa shape index (κ1) is 13.5. The van der Waals surface area contributed by atoms with Gasteiger partial charge in [-0.25, -0.2) is 8.42 Å². The summed E-state index contributed by atoms with van der Waals surface area (Å²) in [4.78, 5) is 0.213. The van der Waals surface area contributed by atoms with E-state index in [9.17, 15) is 8.42 Å². The van der Waals surface area contributed by atoms with Crippen LogP contribution in [0.5, 0.6) is 0 Å². The van der Waals surface area contributed by atoms with E-state index in [2.05, 4.69) is 12.0 Å². The van der Waals surface area contributed by atoms with Gasteiger partial charge in [0.05, 0.1) is 19.3 Å². The van der Waals surface area contributed by atoms with Crippen molar-refractivity contribution in [1.82, 2.24) is 14.1 Å². The molecule has 0 aliphatic carbocycles. The molecule has 0 unspecified atom stereocenters. The lowest BCUT2D eigenvalue weighted by atomic mass is 10.0. The van der Waals surface area contributed by atoms with Crippen LogP contribution in [0.1, 0.15) is 19.8 Å². The molecule has 0 bridgehead atoms. The molecule has 2 heterocycles. The van der Waals surface area contributed by atoms with Crippen LogP contribution < -0.4 is 0 Å². The van der Waals surface area contributed by atoms with Gasteiger partial charge in [-0.05, 0) is 18.8 Å². The molecule has 2 rings (SSSR count). The van der Waals surface area contributed by atoms with Crippen molar-refractivity contribution in [3.63, 3.8) is 0 Å². The second-order valence-corrected chi connectivity index (χ2v) is 6.69. The Labute approximate surface area is 107 Å². The van der Waals surface area contributed by atoms with Crippen molar-refractivity contribution in [3.05, 3.63) is 12.4 Å². The fraction of sp³-hybridized carbons (Fsp3) is 0.727. The summed E-state index contributed by atoms with van der Waals surface area (Å²) in [6.45, 7) is 3.56. The molecule has 1 aromatic heterocycles. The van der Waals surface area contributed by atoms with E-state index >= 15 is 0 Å². The lowest BCUT2D eigenvalue weighted by Gasteiger charge is -2.28. The standard InChI is InChI=1S/C11H19N3O3S/c1-10-2-4-14(5-3-10)18(16,17)11-8-12-13(9-11)6-7-15/h8-10,15H,2-7H2,1H3. The van der Waals surface area contributed by atoms with E-state index in [4.69, 9.17) is 5.11 Å². The van der Waals surface area contributed by atoms with E-state index < -0.39 is 10.0 Å². The Kier molecular flexibility index (Phi) is 4.04. The number of hydrogen-bond acceptors (Lipinski definition) is 4. The Hall–Kier alpha value is -0.920. The van der Waals surface area contributed by atoms with Gasteiger partial charge in [-0.1, -0.05) is 6.92 Å². The molecule has 1 aromatic rings. The zero-order valence-corrected chi connectivity index (χ0v) is 11.3. The highest BCUT2D eigenvalue weighted by molar-refractivity contribution is 7.89. The molecule has 1 fully saturated rings. The lowest BCUT2D eigenvalue weighted by molar-refractivity contribution is 0.269. The average Bonchev–Trinajstić information content (AvgIpc) is 2.79. The highest BCUT2D eigenvalue weighted by atomic mass is 32.2. The van der Waals surface area contributed by atoms with Crippen molar-refractivity contribution >= 4 is 10.0 Å². The number of sulfonamides is 1. The average molecular weight is 273 g/mol. The van der Waals surface area contributed by atoms with Crippen LogP contribution >= 0.6 is 0 Å². The summed E-state index contributed by atoms with van der Waals surface area (Å²) in [5, 5.41) is 12.7. The Bertz CT molecular complexity index is 489. The van der Waals surface area contributed by atoms with E-state index in [1.807, 2.05) is 0 Å². The van der Waals surface area contributed by atoms with Gasteiger partial charge in [0.15, 0.2) is 0 Å². The largest absolute Gasteiger partial charge is 0.394 e. The molecule has 0 atom stereocenters. The van der Waals surface area contributed by atoms with Gasteiger partial charge < -0.3 is 5.11 Å². The molecule has 6 nitrogen and oxygen atoms in total. The van der Waals surface area contributed by atoms with Crippen LogP contribution in [0.4, 0.5) is 0 Å². The molecule has 0 saturated carbocycles. The minimum atomic E-state index is -3.41. The zero-order chi connectivity index (χ0) is 13.2. The van der Waals surface area contributed by atoms with Gasteiger partial charge in [-0.15, -0.1) is 0 Å². The van der Waals surface area contributed by atoms with Crippen LogP contribution in [0.2, 0.25) is 0 Å². The van der Waals surface area contributed by atoms with Gasteiger partial charge in [0, 0.05) is 19.3 Å². The summed E-state index contributed by atoms with van der Waals surface area (Å²) in [7, 11) is -3.41. The molecule has 0 amide bonds. The molecule has 1 aliphatic rings. The second-order valence-electron chi connectivity index (χ2n) is 4.75. The van der Waals surface area contributed by atoms with Gasteiger partial charge in [0.2, 0.25) is 10.0 Å². The number of aliphatic hydroxyl groups is 1. The lowest BCUT2D eigenvalue weighted by Crippen LogP contribution is -2.37. The number of aliphatic hydroxyl groups excluding tert-OH is 1. The summed E-state index contributed by atoms with van der Waals surface area (Å²) in [6.07, 6.45) is 4.64. The third-order valence-corrected chi connectivity index (χ3v) is 5.17. The molecule has 102 valence electrons. The van der Waals surface area contributed by atoms with Gasteiger partial charge in [0.25, 0.3) is 0 Å². The Morgan fingerprint density at radius 3 is 2.72 bits per heavy atom. The van der Waals surface area contributed by atoms with Crippen molar-refractivity contribution in [3.8, 4) is 0 Å². The van der Waals surface area contributed by atoms with Crippen LogP contribution in [0.25, 0.3) is 0 Å². The molecule has 1 saturated heterocycles. The van der Waals surface area contributed by atoms with Crippen molar-refractivity contribution in [2.75, 3.05) is 19.7 Å². The highest BCUT2D eigenvalue weighted by Gasteiger charge is 2.28. The number of aromatic nitrogens is 2. The van der Waals surface area contributed by atoms with E-state index in [1.54, 1.807) is 0 Å². The first-order chi connectivity index (χ1) is 8.54. The molecule has 18 heavy (non-hydrogen) atoms. The van der Waals surface area contributed by atoms with E-state index in [0.717, 1.165) is 12.8 Å². The fourth-order valence-electron chi connectivity index (χ4n) is 2.08. The molecular weight excluding hydrogens is 254 g/mol. The first-order valence-electron chi connectivity index (χ1n) is 6.17. The topological polar surface area (TPSA) is 75.4 Å². The molecule has 0 aromatic carbocycles. The van der Waals surface area contributed by atoms with Gasteiger partial charge >= 0.3 is 0 Å². The molecular formula is C11H19N3O3S. The Morgan fingerprint density at radius 1 is 1.44 bits per heavy atom. The molecule has 0 spiro atoms. The first-order valence-corrected chi connectivity index (χ1v) is 7.61. The van der Waals surface area contributed by atoms with Crippen LogP contribution in [0, 0.1) is 5.92 Å². The SMILES string of the molecule is CC1CCN(S(=O)(=O)c2cnn(CCO)c2)CC1. The van der Waals surface area contributed by atoms with Crippen LogP contribution in [-0.2, 0) is 16.6 Å². The van der Waals surface area contributed by atoms with Crippen LogP contribution in [0.3, 0.4) is 0 Å². The van der Waals surface area contributed by atoms with Crippen molar-refractivity contribution in [1.29, 1.82) is 0 Å². The summed E-state index contributed by atoms with van der Waals surface area (Å²) >= 11 is 0. The monoisotopic (exact) mass is 273 g/mol. The maximum absolute atomic E-state index is 12.3. The van der Waals surface area contributed by atoms with Crippen molar-refractivity contribution in [2.45, 2.75) is 31.2 Å². The smallest absolute Gasteiger partial charge is 0.246 e. The van der Waals surface area contributed by atoms with Crippen molar-refractivity contribution < 1.29 is 13.5 Å². The van der Waals surface area contributed by atoms with Crippen LogP contribution in [0.15, 0.2) is 17.3 Å². The van der Waals surface area contributed by atoms with Gasteiger partial charge in [0.1, 0.15) is 4.90 Å². The fourth-order valence-corrected chi connectivity index (χ4v) is 3.50. The molecule has 1 N–H and O–H groups in total. The van der Waals surface area contributed by atoms with Crippen LogP contribution in [-0.4, -0.2) is 47.3 Å². The Morgan fingerprint density at radius 2 is 2.11 bits per heavy atom. The predicted molar refractivity (Wildman–Crippen MR) is 66.5 cm³/mol. The molecule has 0 radical (unpaired) electrons. The van der Waals surface area contributed by atoms with Gasteiger partial charge in [-0.3, -0.25) is 4.68 Å². The summed E-state index contributed by atoms with van der Waals surface area (Å²) in [5.41, 5.74) is 0. The van der Waals surface area contributed by atoms with Crippen molar-refractivity contribution in [2.24, 2.45) is 5.92 Å². The molecule has 7 heteroatoms. The maximum atomic E-state index is 12.3. The number of hydrogen-bond donors (Lipinski definition) is 1. The maximum Gasteiger partial charge on any atom is 0.246 e. The third-order valence-electron chi connectivity index (χ3n) is 3.32. The summed E-state index contributed by atoms with van der Waals surface area (Å²) in [6, 6.07) is 0. The molecule has 1 aliphatic heterocycles. The van der Waals surface area contributed by atoms with E-state index in [0.29, 0.717) is 25.6 Å². The number of piperidine rings is 1. The minimum Gasteiger partial charge on any atom is -0.394 e. The normalized spacial score (nSPS) is 19.2. The van der Waals surface area contributed by atoms with E-state index in [1.165, 1.54) is 21.4 Å². The minimum absolute atomic E-state index is 0.0532. The summed E-state index contributed by atoms with van der Waals surface area (Å²) < 4.78 is 27.6. The quantitative estimate of drug-likeness (QED) is 0.856. The van der Waals surface area contributed by atoms with Gasteiger partial charge in [-0.2, -0.15) is 9.40 Å². The van der Waals surface area contributed by atoms with E-state index in [-0.39, 0.29) is 11.5 Å². The number of rotatable bonds is 4. The second kappa shape index (κ2) is 5.38. The number of nitrogens with zero attached hydrogens (tertiary/aromatic N) is 3. The Balaban J connectivity index is 2.14. The predicted octanol–water partition coefficient (Wildman–Crippen LogP) is 0.296. The summed E-state index contributed by atoms with van der Waals surface area (Å²) in [5.74, 6) is 0.591.